The van der Waals surface area contributed by atoms with Gasteiger partial charge in [0.05, 0.1) is 5.92 Å². The van der Waals surface area contributed by atoms with Gasteiger partial charge >= 0.3 is 0 Å². The van der Waals surface area contributed by atoms with Gasteiger partial charge in [-0.2, -0.15) is 0 Å². The first-order chi connectivity index (χ1) is 6.75. The Morgan fingerprint density at radius 2 is 1.93 bits per heavy atom. The molecule has 0 bridgehead atoms. The first-order valence-corrected chi connectivity index (χ1v) is 5.79. The number of nitrogens with one attached hydrogen (secondary N) is 1. The van der Waals surface area contributed by atoms with E-state index in [1.807, 2.05) is 6.92 Å². The highest BCUT2D eigenvalue weighted by molar-refractivity contribution is 5.79. The molecule has 1 fully saturated rings. The molecule has 1 aliphatic rings. The zero-order chi connectivity index (χ0) is 10.4. The van der Waals surface area contributed by atoms with Gasteiger partial charge in [0.15, 0.2) is 0 Å². The van der Waals surface area contributed by atoms with Crippen molar-refractivity contribution < 1.29 is 4.79 Å². The number of amides is 1. The third-order valence-corrected chi connectivity index (χ3v) is 3.01. The van der Waals surface area contributed by atoms with Crippen molar-refractivity contribution in [2.75, 3.05) is 6.54 Å². The summed E-state index contributed by atoms with van der Waals surface area (Å²) in [4.78, 5) is 11.7. The summed E-state index contributed by atoms with van der Waals surface area (Å²) in [5.41, 5.74) is 6.02. The van der Waals surface area contributed by atoms with E-state index in [0.717, 1.165) is 19.3 Å². The molecule has 0 aromatic heterocycles. The van der Waals surface area contributed by atoms with Crippen molar-refractivity contribution in [2.45, 2.75) is 51.5 Å². The van der Waals surface area contributed by atoms with Gasteiger partial charge in [-0.15, -0.1) is 0 Å². The van der Waals surface area contributed by atoms with Crippen LogP contribution in [0.1, 0.15) is 45.4 Å². The highest BCUT2D eigenvalue weighted by Crippen LogP contribution is 2.21. The summed E-state index contributed by atoms with van der Waals surface area (Å²) in [5, 5.41) is 2.87. The molecule has 3 N–H and O–H groups in total. The second-order valence-electron chi connectivity index (χ2n) is 4.16. The zero-order valence-corrected chi connectivity index (χ0v) is 9.09. The molecule has 0 saturated heterocycles. The van der Waals surface area contributed by atoms with Crippen molar-refractivity contribution in [3.05, 3.63) is 0 Å². The SMILES string of the molecule is CCNC(=O)C1CCCCCCC1N. The molecule has 1 amide bonds. The lowest BCUT2D eigenvalue weighted by Crippen LogP contribution is -2.42. The quantitative estimate of drug-likeness (QED) is 0.705. The van der Waals surface area contributed by atoms with Gasteiger partial charge in [0.25, 0.3) is 0 Å². The fourth-order valence-corrected chi connectivity index (χ4v) is 2.14. The van der Waals surface area contributed by atoms with E-state index in [1.165, 1.54) is 19.3 Å². The van der Waals surface area contributed by atoms with Gasteiger partial charge in [0.1, 0.15) is 0 Å². The van der Waals surface area contributed by atoms with Gasteiger partial charge in [0, 0.05) is 12.6 Å². The maximum atomic E-state index is 11.7. The van der Waals surface area contributed by atoms with Crippen LogP contribution in [-0.4, -0.2) is 18.5 Å². The number of carbonyl (C=O) groups excluding carboxylic acids is 1. The normalized spacial score (nSPS) is 29.0. The number of rotatable bonds is 2. The van der Waals surface area contributed by atoms with Crippen molar-refractivity contribution >= 4 is 5.91 Å². The molecule has 2 atom stereocenters. The molecule has 0 heterocycles. The summed E-state index contributed by atoms with van der Waals surface area (Å²) in [7, 11) is 0. The van der Waals surface area contributed by atoms with Gasteiger partial charge in [-0.1, -0.05) is 25.7 Å². The smallest absolute Gasteiger partial charge is 0.224 e. The van der Waals surface area contributed by atoms with Crippen LogP contribution >= 0.6 is 0 Å². The van der Waals surface area contributed by atoms with E-state index in [4.69, 9.17) is 5.73 Å². The number of hydrogen-bond acceptors (Lipinski definition) is 2. The Labute approximate surface area is 86.4 Å². The van der Waals surface area contributed by atoms with Crippen molar-refractivity contribution in [2.24, 2.45) is 11.7 Å². The lowest BCUT2D eigenvalue weighted by atomic mass is 9.87. The third kappa shape index (κ3) is 3.29. The molecule has 0 aromatic carbocycles. The van der Waals surface area contributed by atoms with Crippen LogP contribution < -0.4 is 11.1 Å². The van der Waals surface area contributed by atoms with E-state index in [2.05, 4.69) is 5.32 Å². The maximum Gasteiger partial charge on any atom is 0.224 e. The van der Waals surface area contributed by atoms with Crippen LogP contribution in [0.25, 0.3) is 0 Å². The van der Waals surface area contributed by atoms with Crippen LogP contribution in [0.3, 0.4) is 0 Å². The van der Waals surface area contributed by atoms with Crippen LogP contribution in [-0.2, 0) is 4.79 Å². The highest BCUT2D eigenvalue weighted by atomic mass is 16.1. The molecule has 3 nitrogen and oxygen atoms in total. The Kier molecular flexibility index (Phi) is 4.94. The average Bonchev–Trinajstić information content (AvgIpc) is 2.12. The van der Waals surface area contributed by atoms with Crippen LogP contribution in [0.2, 0.25) is 0 Å². The molecule has 14 heavy (non-hydrogen) atoms. The third-order valence-electron chi connectivity index (χ3n) is 3.01. The Morgan fingerprint density at radius 1 is 1.29 bits per heavy atom. The minimum Gasteiger partial charge on any atom is -0.356 e. The first kappa shape index (κ1) is 11.5. The molecular weight excluding hydrogens is 176 g/mol. The lowest BCUT2D eigenvalue weighted by Gasteiger charge is -2.25. The topological polar surface area (TPSA) is 55.1 Å². The van der Waals surface area contributed by atoms with Gasteiger partial charge in [-0.05, 0) is 19.8 Å². The molecule has 0 spiro atoms. The molecule has 3 heteroatoms. The predicted octanol–water partition coefficient (Wildman–Crippen LogP) is 1.42. The first-order valence-electron chi connectivity index (χ1n) is 5.79. The van der Waals surface area contributed by atoms with E-state index < -0.39 is 0 Å². The van der Waals surface area contributed by atoms with Crippen molar-refractivity contribution in [3.8, 4) is 0 Å². The molecule has 0 aliphatic heterocycles. The largest absolute Gasteiger partial charge is 0.356 e. The molecule has 0 radical (unpaired) electrons. The van der Waals surface area contributed by atoms with E-state index >= 15 is 0 Å². The minimum atomic E-state index is 0.0512. The highest BCUT2D eigenvalue weighted by Gasteiger charge is 2.25. The molecule has 1 rings (SSSR count). The van der Waals surface area contributed by atoms with Crippen molar-refractivity contribution in [3.63, 3.8) is 0 Å². The van der Waals surface area contributed by atoms with E-state index in [1.54, 1.807) is 0 Å². The Bertz CT molecular complexity index is 182. The Morgan fingerprint density at radius 3 is 2.57 bits per heavy atom. The van der Waals surface area contributed by atoms with Crippen LogP contribution in [0.15, 0.2) is 0 Å². The number of carbonyl (C=O) groups is 1. The van der Waals surface area contributed by atoms with Crippen LogP contribution in [0, 0.1) is 5.92 Å². The number of hydrogen-bond donors (Lipinski definition) is 2. The average molecular weight is 198 g/mol. The molecule has 2 unspecified atom stereocenters. The fourth-order valence-electron chi connectivity index (χ4n) is 2.14. The van der Waals surface area contributed by atoms with Crippen LogP contribution in [0.4, 0.5) is 0 Å². The molecule has 82 valence electrons. The van der Waals surface area contributed by atoms with Gasteiger partial charge in [0.2, 0.25) is 5.91 Å². The molecule has 1 aliphatic carbocycles. The second kappa shape index (κ2) is 6.02. The molecular formula is C11H22N2O. The fraction of sp³-hybridized carbons (Fsp3) is 0.909. The van der Waals surface area contributed by atoms with E-state index in [0.29, 0.717) is 6.54 Å². The molecule has 0 aromatic rings. The van der Waals surface area contributed by atoms with E-state index in [-0.39, 0.29) is 17.9 Å². The van der Waals surface area contributed by atoms with Crippen LogP contribution in [0.5, 0.6) is 0 Å². The lowest BCUT2D eigenvalue weighted by molar-refractivity contribution is -0.125. The van der Waals surface area contributed by atoms with Gasteiger partial charge < -0.3 is 11.1 Å². The summed E-state index contributed by atoms with van der Waals surface area (Å²) in [6, 6.07) is 0.0712. The monoisotopic (exact) mass is 198 g/mol. The van der Waals surface area contributed by atoms with E-state index in [9.17, 15) is 4.79 Å². The predicted molar refractivity (Wildman–Crippen MR) is 57.9 cm³/mol. The standard InChI is InChI=1S/C11H22N2O/c1-2-13-11(14)9-7-5-3-4-6-8-10(9)12/h9-10H,2-8,12H2,1H3,(H,13,14). The van der Waals surface area contributed by atoms with Crippen molar-refractivity contribution in [1.82, 2.24) is 5.32 Å². The summed E-state index contributed by atoms with van der Waals surface area (Å²) >= 11 is 0. The number of nitrogens with two attached hydrogens (primary N) is 1. The second-order valence-corrected chi connectivity index (χ2v) is 4.16. The maximum absolute atomic E-state index is 11.7. The Balaban J connectivity index is 2.48. The van der Waals surface area contributed by atoms with Gasteiger partial charge in [-0.25, -0.2) is 0 Å². The summed E-state index contributed by atoms with van der Waals surface area (Å²) in [6.07, 6.45) is 6.82. The summed E-state index contributed by atoms with van der Waals surface area (Å²) in [5.74, 6) is 0.206. The summed E-state index contributed by atoms with van der Waals surface area (Å²) < 4.78 is 0. The van der Waals surface area contributed by atoms with Gasteiger partial charge in [-0.3, -0.25) is 4.79 Å². The minimum absolute atomic E-state index is 0.0512. The summed E-state index contributed by atoms with van der Waals surface area (Å²) in [6.45, 7) is 2.66. The Hall–Kier alpha value is -0.570. The van der Waals surface area contributed by atoms with Crippen molar-refractivity contribution in [1.29, 1.82) is 0 Å². The zero-order valence-electron chi connectivity index (χ0n) is 9.09. The molecule has 1 saturated carbocycles.